The lowest BCUT2D eigenvalue weighted by molar-refractivity contribution is -0.123. The first-order chi connectivity index (χ1) is 11.4. The number of phenols is 1. The zero-order valence-corrected chi connectivity index (χ0v) is 16.3. The Morgan fingerprint density at radius 2 is 2.00 bits per heavy atom. The number of rotatable bonds is 5. The average Bonchev–Trinajstić information content (AvgIpc) is 2.53. The summed E-state index contributed by atoms with van der Waals surface area (Å²) >= 11 is 6.55. The second-order valence-electron chi connectivity index (χ2n) is 5.15. The molecule has 0 aromatic heterocycles. The predicted molar refractivity (Wildman–Crippen MR) is 101 cm³/mol. The van der Waals surface area contributed by atoms with Gasteiger partial charge in [0, 0.05) is 10.0 Å². The van der Waals surface area contributed by atoms with E-state index in [1.54, 1.807) is 12.1 Å². The molecular weight excluding hydrogens is 440 g/mol. The van der Waals surface area contributed by atoms with Crippen molar-refractivity contribution in [3.63, 3.8) is 0 Å². The number of amides is 1. The van der Waals surface area contributed by atoms with Gasteiger partial charge in [-0.05, 0) is 65.2 Å². The van der Waals surface area contributed by atoms with Crippen molar-refractivity contribution in [2.24, 2.45) is 5.10 Å². The first kappa shape index (κ1) is 18.5. The lowest BCUT2D eigenvalue weighted by Gasteiger charge is -2.07. The number of hydrogen-bond donors (Lipinski definition) is 2. The Hall–Kier alpha value is -1.86. The van der Waals surface area contributed by atoms with E-state index in [0.29, 0.717) is 15.8 Å². The number of halogens is 2. The molecule has 0 saturated heterocycles. The fourth-order valence-corrected chi connectivity index (χ4v) is 3.10. The Kier molecular flexibility index (Phi) is 6.39. The summed E-state index contributed by atoms with van der Waals surface area (Å²) < 4.78 is 6.72. The van der Waals surface area contributed by atoms with E-state index in [1.165, 1.54) is 6.21 Å². The third-order valence-corrected chi connectivity index (χ3v) is 4.36. The molecule has 0 spiro atoms. The number of carbonyl (C=O) groups excluding carboxylic acids is 1. The maximum absolute atomic E-state index is 11.7. The van der Waals surface area contributed by atoms with Gasteiger partial charge in [-0.2, -0.15) is 5.10 Å². The molecule has 0 saturated carbocycles. The van der Waals surface area contributed by atoms with Crippen LogP contribution in [-0.2, 0) is 4.79 Å². The average molecular weight is 456 g/mol. The number of nitrogens with one attached hydrogen (secondary N) is 1. The van der Waals surface area contributed by atoms with Gasteiger partial charge < -0.3 is 9.84 Å². The minimum atomic E-state index is -0.391. The second kappa shape index (κ2) is 8.30. The quantitative estimate of drug-likeness (QED) is 0.527. The third kappa shape index (κ3) is 5.07. The molecule has 5 nitrogen and oxygen atoms in total. The maximum Gasteiger partial charge on any atom is 0.277 e. The van der Waals surface area contributed by atoms with Crippen molar-refractivity contribution in [1.82, 2.24) is 5.43 Å². The number of aryl methyl sites for hydroxylation is 2. The van der Waals surface area contributed by atoms with Gasteiger partial charge in [-0.15, -0.1) is 0 Å². The summed E-state index contributed by atoms with van der Waals surface area (Å²) in [4.78, 5) is 11.7. The highest BCUT2D eigenvalue weighted by Gasteiger charge is 2.06. The smallest absolute Gasteiger partial charge is 0.277 e. The number of hydrogen-bond acceptors (Lipinski definition) is 4. The van der Waals surface area contributed by atoms with Crippen molar-refractivity contribution in [1.29, 1.82) is 0 Å². The van der Waals surface area contributed by atoms with Crippen LogP contribution in [0.2, 0.25) is 0 Å². The molecule has 0 radical (unpaired) electrons. The number of aromatic hydroxyl groups is 1. The number of hydrazone groups is 1. The highest BCUT2D eigenvalue weighted by molar-refractivity contribution is 9.11. The summed E-state index contributed by atoms with van der Waals surface area (Å²) in [7, 11) is 0. The first-order valence-electron chi connectivity index (χ1n) is 7.07. The van der Waals surface area contributed by atoms with Crippen LogP contribution in [0.1, 0.15) is 16.7 Å². The van der Waals surface area contributed by atoms with Crippen LogP contribution in [0.5, 0.6) is 11.5 Å². The molecular formula is C17H16Br2N2O3. The summed E-state index contributed by atoms with van der Waals surface area (Å²) in [5, 5.41) is 13.7. The third-order valence-electron chi connectivity index (χ3n) is 3.30. The van der Waals surface area contributed by atoms with Crippen molar-refractivity contribution in [3.05, 3.63) is 56.0 Å². The van der Waals surface area contributed by atoms with E-state index in [0.717, 1.165) is 15.6 Å². The van der Waals surface area contributed by atoms with E-state index in [-0.39, 0.29) is 12.4 Å². The van der Waals surface area contributed by atoms with Crippen LogP contribution in [0, 0.1) is 13.8 Å². The molecule has 0 aliphatic rings. The SMILES string of the molecule is Cc1ccc(OCC(=O)NN=Cc2cc(Br)cc(Br)c2O)cc1C. The van der Waals surface area contributed by atoms with Gasteiger partial charge in [0.1, 0.15) is 11.5 Å². The predicted octanol–water partition coefficient (Wildman–Crippen LogP) is 4.06. The van der Waals surface area contributed by atoms with Gasteiger partial charge in [-0.3, -0.25) is 4.79 Å². The van der Waals surface area contributed by atoms with Gasteiger partial charge >= 0.3 is 0 Å². The van der Waals surface area contributed by atoms with Crippen LogP contribution in [-0.4, -0.2) is 23.8 Å². The van der Waals surface area contributed by atoms with E-state index >= 15 is 0 Å². The Morgan fingerprint density at radius 3 is 2.71 bits per heavy atom. The van der Waals surface area contributed by atoms with Gasteiger partial charge in [0.25, 0.3) is 5.91 Å². The largest absolute Gasteiger partial charge is 0.506 e. The van der Waals surface area contributed by atoms with Crippen molar-refractivity contribution in [2.75, 3.05) is 6.61 Å². The Morgan fingerprint density at radius 1 is 1.25 bits per heavy atom. The molecule has 0 fully saturated rings. The van der Waals surface area contributed by atoms with E-state index in [4.69, 9.17) is 4.74 Å². The number of phenolic OH excluding ortho intramolecular Hbond substituents is 1. The fraction of sp³-hybridized carbons (Fsp3) is 0.176. The molecule has 0 aliphatic heterocycles. The van der Waals surface area contributed by atoms with Crippen LogP contribution in [0.3, 0.4) is 0 Å². The highest BCUT2D eigenvalue weighted by Crippen LogP contribution is 2.30. The van der Waals surface area contributed by atoms with E-state index in [1.807, 2.05) is 32.0 Å². The molecule has 0 bridgehead atoms. The molecule has 2 N–H and O–H groups in total. The van der Waals surface area contributed by atoms with E-state index in [2.05, 4.69) is 42.4 Å². The lowest BCUT2D eigenvalue weighted by Crippen LogP contribution is -2.24. The first-order valence-corrected chi connectivity index (χ1v) is 8.65. The number of carbonyl (C=O) groups is 1. The Bertz CT molecular complexity index is 792. The van der Waals surface area contributed by atoms with Crippen molar-refractivity contribution < 1.29 is 14.6 Å². The van der Waals surface area contributed by atoms with E-state index < -0.39 is 5.91 Å². The zero-order valence-electron chi connectivity index (χ0n) is 13.1. The second-order valence-corrected chi connectivity index (χ2v) is 6.92. The zero-order chi connectivity index (χ0) is 17.7. The van der Waals surface area contributed by atoms with Gasteiger partial charge in [0.15, 0.2) is 6.61 Å². The van der Waals surface area contributed by atoms with Crippen LogP contribution >= 0.6 is 31.9 Å². The topological polar surface area (TPSA) is 70.9 Å². The molecule has 0 aliphatic carbocycles. The highest BCUT2D eigenvalue weighted by atomic mass is 79.9. The van der Waals surface area contributed by atoms with Gasteiger partial charge in [0.05, 0.1) is 10.7 Å². The summed E-state index contributed by atoms with van der Waals surface area (Å²) in [5.74, 6) is 0.284. The molecule has 2 rings (SSSR count). The van der Waals surface area contributed by atoms with Crippen molar-refractivity contribution in [3.8, 4) is 11.5 Å². The van der Waals surface area contributed by atoms with Gasteiger partial charge in [0.2, 0.25) is 0 Å². The minimum absolute atomic E-state index is 0.0441. The summed E-state index contributed by atoms with van der Waals surface area (Å²) in [6.45, 7) is 3.85. The van der Waals surface area contributed by atoms with E-state index in [9.17, 15) is 9.90 Å². The monoisotopic (exact) mass is 454 g/mol. The van der Waals surface area contributed by atoms with Crippen LogP contribution < -0.4 is 10.2 Å². The molecule has 7 heteroatoms. The summed E-state index contributed by atoms with van der Waals surface area (Å²) in [6, 6.07) is 9.03. The summed E-state index contributed by atoms with van der Waals surface area (Å²) in [5.41, 5.74) is 5.08. The number of benzene rings is 2. The van der Waals surface area contributed by atoms with Crippen molar-refractivity contribution in [2.45, 2.75) is 13.8 Å². The minimum Gasteiger partial charge on any atom is -0.506 e. The maximum atomic E-state index is 11.7. The molecule has 24 heavy (non-hydrogen) atoms. The summed E-state index contributed by atoms with van der Waals surface area (Å²) in [6.07, 6.45) is 1.36. The standard InChI is InChI=1S/C17H16Br2N2O3/c1-10-3-4-14(5-11(10)2)24-9-16(22)21-20-8-12-6-13(18)7-15(19)17(12)23/h3-8,23H,9H2,1-2H3,(H,21,22). The normalized spacial score (nSPS) is 10.8. The van der Waals surface area contributed by atoms with Crippen LogP contribution in [0.15, 0.2) is 44.4 Å². The number of ether oxygens (including phenoxy) is 1. The fourth-order valence-electron chi connectivity index (χ4n) is 1.84. The number of nitrogens with zero attached hydrogens (tertiary/aromatic N) is 1. The molecule has 1 amide bonds. The Balaban J connectivity index is 1.90. The molecule has 0 atom stereocenters. The van der Waals surface area contributed by atoms with Crippen molar-refractivity contribution >= 4 is 44.0 Å². The van der Waals surface area contributed by atoms with Crippen LogP contribution in [0.25, 0.3) is 0 Å². The van der Waals surface area contributed by atoms with Crippen LogP contribution in [0.4, 0.5) is 0 Å². The van der Waals surface area contributed by atoms with Gasteiger partial charge in [-0.25, -0.2) is 5.43 Å². The molecule has 126 valence electrons. The Labute approximate surface area is 157 Å². The molecule has 2 aromatic carbocycles. The molecule has 0 heterocycles. The molecule has 0 unspecified atom stereocenters. The molecule has 2 aromatic rings. The van der Waals surface area contributed by atoms with Gasteiger partial charge in [-0.1, -0.05) is 22.0 Å². The lowest BCUT2D eigenvalue weighted by atomic mass is 10.1.